The fourth-order valence-electron chi connectivity index (χ4n) is 3.89. The predicted molar refractivity (Wildman–Crippen MR) is 166 cm³/mol. The highest BCUT2D eigenvalue weighted by atomic mass is 16.3. The molecule has 5 rings (SSSR count). The number of phenols is 6. The topological polar surface area (TPSA) is 121 Å². The highest BCUT2D eigenvalue weighted by molar-refractivity contribution is 5.62. The molecule has 0 spiro atoms. The summed E-state index contributed by atoms with van der Waals surface area (Å²) < 4.78 is 0. The summed E-state index contributed by atoms with van der Waals surface area (Å²) in [6.07, 6.45) is 0. The molecule has 0 aromatic heterocycles. The molecule has 0 radical (unpaired) electrons. The molecule has 0 saturated carbocycles. The molecule has 6 nitrogen and oxygen atoms in total. The number of phenolic OH excluding ortho intramolecular Hbond substituents is 6. The molecular weight excluding hydrogens is 552 g/mol. The summed E-state index contributed by atoms with van der Waals surface area (Å²) in [4.78, 5) is 0. The largest absolute Gasteiger partial charge is 0.508 e. The van der Waals surface area contributed by atoms with Gasteiger partial charge in [0.05, 0.1) is 22.3 Å². The number of aromatic hydroxyl groups is 6. The van der Waals surface area contributed by atoms with Crippen LogP contribution in [0.2, 0.25) is 0 Å². The molecule has 0 unspecified atom stereocenters. The Hall–Kier alpha value is -6.86. The van der Waals surface area contributed by atoms with Gasteiger partial charge in [-0.3, -0.25) is 0 Å². The lowest BCUT2D eigenvalue weighted by Crippen LogP contribution is -1.85. The molecule has 0 aliphatic rings. The summed E-state index contributed by atoms with van der Waals surface area (Å²) in [6.45, 7) is 0. The normalized spacial score (nSPS) is 9.64. The van der Waals surface area contributed by atoms with Crippen molar-refractivity contribution in [2.75, 3.05) is 0 Å². The molecule has 0 amide bonds. The van der Waals surface area contributed by atoms with Crippen molar-refractivity contribution in [1.29, 1.82) is 0 Å². The Balaban J connectivity index is 1.31. The van der Waals surface area contributed by atoms with Crippen LogP contribution in [-0.4, -0.2) is 30.6 Å². The third-order valence-corrected chi connectivity index (χ3v) is 6.19. The number of benzene rings is 5. The van der Waals surface area contributed by atoms with Crippen molar-refractivity contribution in [3.05, 3.63) is 142 Å². The molecule has 210 valence electrons. The molecule has 6 N–H and O–H groups in total. The average molecular weight is 575 g/mol. The van der Waals surface area contributed by atoms with E-state index >= 15 is 0 Å². The first kappa shape index (κ1) is 28.7. The van der Waals surface area contributed by atoms with E-state index in [0.29, 0.717) is 33.4 Å². The van der Waals surface area contributed by atoms with Crippen molar-refractivity contribution in [3.8, 4) is 81.9 Å². The van der Waals surface area contributed by atoms with Gasteiger partial charge in [0.25, 0.3) is 0 Å². The minimum absolute atomic E-state index is 0.00739. The van der Waals surface area contributed by atoms with Crippen LogP contribution in [0.25, 0.3) is 0 Å². The SMILES string of the molecule is Oc1ccc(O)c(C#Cc2ccc(C#Cc3cc(O)cc(C#Cc4ccc(C#Cc5cc(O)ccc5O)cc4)c3O)cc2)c1. The van der Waals surface area contributed by atoms with Crippen LogP contribution in [0.4, 0.5) is 0 Å². The van der Waals surface area contributed by atoms with E-state index in [1.807, 2.05) is 0 Å². The van der Waals surface area contributed by atoms with Gasteiger partial charge in [0.2, 0.25) is 0 Å². The van der Waals surface area contributed by atoms with E-state index in [1.54, 1.807) is 48.5 Å². The van der Waals surface area contributed by atoms with Gasteiger partial charge in [-0.2, -0.15) is 0 Å². The molecule has 44 heavy (non-hydrogen) atoms. The van der Waals surface area contributed by atoms with E-state index < -0.39 is 0 Å². The summed E-state index contributed by atoms with van der Waals surface area (Å²) >= 11 is 0. The monoisotopic (exact) mass is 574 g/mol. The maximum atomic E-state index is 10.8. The fraction of sp³-hybridized carbons (Fsp3) is 0. The molecule has 0 heterocycles. The van der Waals surface area contributed by atoms with E-state index in [2.05, 4.69) is 47.4 Å². The first-order valence-electron chi connectivity index (χ1n) is 13.1. The van der Waals surface area contributed by atoms with Gasteiger partial charge in [0.1, 0.15) is 34.5 Å². The smallest absolute Gasteiger partial charge is 0.147 e. The third-order valence-electron chi connectivity index (χ3n) is 6.19. The molecule has 5 aromatic rings. The molecule has 0 aliphatic carbocycles. The minimum Gasteiger partial charge on any atom is -0.508 e. The quantitative estimate of drug-likeness (QED) is 0.107. The minimum atomic E-state index is -0.162. The van der Waals surface area contributed by atoms with Gasteiger partial charge in [-0.05, 0) is 97.1 Å². The lowest BCUT2D eigenvalue weighted by Gasteiger charge is -2.02. The zero-order valence-corrected chi connectivity index (χ0v) is 22.9. The standard InChI is InChI=1S/C38H22O6/c39-33-17-19-36(42)29(21-33)13-9-25-1-5-27(6-2-25)11-15-31-23-35(41)24-32(38(31)44)16-12-28-7-3-26(4-8-28)10-14-30-22-34(40)18-20-37(30)43/h1-8,17-24,39-44H. The second kappa shape index (κ2) is 12.8. The highest BCUT2D eigenvalue weighted by Gasteiger charge is 2.07. The molecule has 0 saturated heterocycles. The zero-order chi connectivity index (χ0) is 31.1. The van der Waals surface area contributed by atoms with Gasteiger partial charge in [0, 0.05) is 22.3 Å². The Morgan fingerprint density at radius 2 is 0.591 bits per heavy atom. The Kier molecular flexibility index (Phi) is 8.31. The lowest BCUT2D eigenvalue weighted by atomic mass is 10.1. The number of hydrogen-bond acceptors (Lipinski definition) is 6. The molecule has 0 aliphatic heterocycles. The van der Waals surface area contributed by atoms with Crippen LogP contribution in [-0.2, 0) is 0 Å². The van der Waals surface area contributed by atoms with Crippen LogP contribution in [0.3, 0.4) is 0 Å². The second-order valence-electron chi connectivity index (χ2n) is 9.45. The first-order valence-corrected chi connectivity index (χ1v) is 13.1. The molecule has 0 atom stereocenters. The van der Waals surface area contributed by atoms with Crippen molar-refractivity contribution in [1.82, 2.24) is 0 Å². The summed E-state index contributed by atoms with van der Waals surface area (Å²) in [5.74, 6) is 22.8. The summed E-state index contributed by atoms with van der Waals surface area (Å²) in [5, 5.41) is 59.9. The van der Waals surface area contributed by atoms with Crippen LogP contribution < -0.4 is 0 Å². The van der Waals surface area contributed by atoms with E-state index in [0.717, 1.165) is 0 Å². The first-order chi connectivity index (χ1) is 21.2. The Morgan fingerprint density at radius 3 is 0.932 bits per heavy atom. The molecule has 5 aromatic carbocycles. The fourth-order valence-corrected chi connectivity index (χ4v) is 3.89. The Bertz CT molecular complexity index is 1980. The van der Waals surface area contributed by atoms with Gasteiger partial charge in [-0.15, -0.1) is 0 Å². The van der Waals surface area contributed by atoms with Gasteiger partial charge in [-0.1, -0.05) is 47.4 Å². The van der Waals surface area contributed by atoms with Gasteiger partial charge in [-0.25, -0.2) is 0 Å². The predicted octanol–water partition coefficient (Wildman–Crippen LogP) is 5.52. The Labute approximate surface area is 253 Å². The van der Waals surface area contributed by atoms with E-state index in [9.17, 15) is 30.6 Å². The van der Waals surface area contributed by atoms with E-state index in [1.165, 1.54) is 48.5 Å². The van der Waals surface area contributed by atoms with E-state index in [-0.39, 0.29) is 45.6 Å². The second-order valence-corrected chi connectivity index (χ2v) is 9.45. The van der Waals surface area contributed by atoms with E-state index in [4.69, 9.17) is 0 Å². The van der Waals surface area contributed by atoms with Crippen LogP contribution >= 0.6 is 0 Å². The van der Waals surface area contributed by atoms with Crippen molar-refractivity contribution in [2.24, 2.45) is 0 Å². The third kappa shape index (κ3) is 7.25. The zero-order valence-electron chi connectivity index (χ0n) is 22.9. The number of rotatable bonds is 0. The van der Waals surface area contributed by atoms with Gasteiger partial charge < -0.3 is 30.6 Å². The summed E-state index contributed by atoms with van der Waals surface area (Å²) in [7, 11) is 0. The lowest BCUT2D eigenvalue weighted by molar-refractivity contribution is 0.457. The van der Waals surface area contributed by atoms with Crippen LogP contribution in [0, 0.1) is 47.4 Å². The molecule has 0 fully saturated rings. The number of hydrogen-bond donors (Lipinski definition) is 6. The summed E-state index contributed by atoms with van der Waals surface area (Å²) in [6, 6.07) is 25.0. The van der Waals surface area contributed by atoms with Crippen molar-refractivity contribution < 1.29 is 30.6 Å². The molecular formula is C38H22O6. The van der Waals surface area contributed by atoms with Crippen LogP contribution in [0.1, 0.15) is 44.5 Å². The molecule has 0 bridgehead atoms. The van der Waals surface area contributed by atoms with Crippen LogP contribution in [0.15, 0.2) is 97.1 Å². The van der Waals surface area contributed by atoms with Crippen LogP contribution in [0.5, 0.6) is 34.5 Å². The van der Waals surface area contributed by atoms with Crippen molar-refractivity contribution in [2.45, 2.75) is 0 Å². The van der Waals surface area contributed by atoms with Crippen molar-refractivity contribution >= 4 is 0 Å². The van der Waals surface area contributed by atoms with Gasteiger partial charge in [0.15, 0.2) is 0 Å². The Morgan fingerprint density at radius 1 is 0.295 bits per heavy atom. The van der Waals surface area contributed by atoms with Gasteiger partial charge >= 0.3 is 0 Å². The average Bonchev–Trinajstić information content (AvgIpc) is 3.02. The maximum Gasteiger partial charge on any atom is 0.147 e. The molecule has 6 heteroatoms. The highest BCUT2D eigenvalue weighted by Crippen LogP contribution is 2.27. The van der Waals surface area contributed by atoms with Crippen molar-refractivity contribution in [3.63, 3.8) is 0 Å². The maximum absolute atomic E-state index is 10.8. The summed E-state index contributed by atoms with van der Waals surface area (Å²) in [5.41, 5.74) is 3.67.